The zero-order chi connectivity index (χ0) is 17.6. The van der Waals surface area contributed by atoms with Gasteiger partial charge < -0.3 is 10.6 Å². The van der Waals surface area contributed by atoms with Gasteiger partial charge in [0.25, 0.3) is 11.8 Å². The van der Waals surface area contributed by atoms with Crippen LogP contribution in [0.2, 0.25) is 0 Å². The number of anilines is 1. The van der Waals surface area contributed by atoms with Crippen molar-refractivity contribution in [3.63, 3.8) is 0 Å². The van der Waals surface area contributed by atoms with Crippen molar-refractivity contribution in [2.75, 3.05) is 11.9 Å². The minimum absolute atomic E-state index is 0.131. The highest BCUT2D eigenvalue weighted by Crippen LogP contribution is 2.29. The molecule has 1 aromatic carbocycles. The van der Waals surface area contributed by atoms with Crippen molar-refractivity contribution in [2.45, 2.75) is 45.4 Å². The molecule has 0 atom stereocenters. The molecule has 1 aliphatic rings. The number of benzene rings is 1. The van der Waals surface area contributed by atoms with Crippen molar-refractivity contribution >= 4 is 28.8 Å². The van der Waals surface area contributed by atoms with Gasteiger partial charge >= 0.3 is 0 Å². The molecule has 0 saturated heterocycles. The lowest BCUT2D eigenvalue weighted by Crippen LogP contribution is -2.25. The Bertz CT molecular complexity index is 743. The number of carbonyl (C=O) groups is 2. The zero-order valence-corrected chi connectivity index (χ0v) is 15.4. The van der Waals surface area contributed by atoms with Crippen LogP contribution in [0.25, 0.3) is 0 Å². The number of hydrogen-bond acceptors (Lipinski definition) is 3. The lowest BCUT2D eigenvalue weighted by molar-refractivity contribution is 0.0954. The van der Waals surface area contributed by atoms with E-state index in [0.29, 0.717) is 17.8 Å². The van der Waals surface area contributed by atoms with E-state index >= 15 is 0 Å². The van der Waals surface area contributed by atoms with Gasteiger partial charge in [0.1, 0.15) is 0 Å². The maximum absolute atomic E-state index is 12.7. The molecule has 0 saturated carbocycles. The van der Waals surface area contributed by atoms with E-state index in [4.69, 9.17) is 0 Å². The Balaban J connectivity index is 1.76. The van der Waals surface area contributed by atoms with Crippen molar-refractivity contribution in [1.29, 1.82) is 0 Å². The van der Waals surface area contributed by atoms with E-state index < -0.39 is 0 Å². The first-order valence-corrected chi connectivity index (χ1v) is 9.81. The molecule has 0 aliphatic heterocycles. The van der Waals surface area contributed by atoms with Gasteiger partial charge in [-0.05, 0) is 55.9 Å². The van der Waals surface area contributed by atoms with Gasteiger partial charge in [-0.2, -0.15) is 0 Å². The van der Waals surface area contributed by atoms with Gasteiger partial charge in [0.2, 0.25) is 0 Å². The Labute approximate surface area is 152 Å². The molecule has 25 heavy (non-hydrogen) atoms. The monoisotopic (exact) mass is 356 g/mol. The SMILES string of the molecule is CCCNC(=O)c1ccccc1NC(=O)c1cc2c(s1)CCCCC2. The van der Waals surface area contributed by atoms with Gasteiger partial charge in [0.05, 0.1) is 16.1 Å². The van der Waals surface area contributed by atoms with Crippen LogP contribution in [0, 0.1) is 0 Å². The second-order valence-electron chi connectivity index (χ2n) is 6.38. The third-order valence-corrected chi connectivity index (χ3v) is 5.66. The minimum atomic E-state index is -0.153. The summed E-state index contributed by atoms with van der Waals surface area (Å²) in [5, 5.41) is 5.78. The Morgan fingerprint density at radius 1 is 1.08 bits per heavy atom. The maximum Gasteiger partial charge on any atom is 0.265 e. The van der Waals surface area contributed by atoms with Crippen LogP contribution in [-0.4, -0.2) is 18.4 Å². The number of rotatable bonds is 5. The van der Waals surface area contributed by atoms with Crippen LogP contribution < -0.4 is 10.6 Å². The fraction of sp³-hybridized carbons (Fsp3) is 0.400. The summed E-state index contributed by atoms with van der Waals surface area (Å²) >= 11 is 1.59. The summed E-state index contributed by atoms with van der Waals surface area (Å²) in [6.45, 7) is 2.63. The largest absolute Gasteiger partial charge is 0.352 e. The molecule has 2 aromatic rings. The van der Waals surface area contributed by atoms with Crippen LogP contribution in [0.5, 0.6) is 0 Å². The van der Waals surface area contributed by atoms with Crippen LogP contribution in [0.1, 0.15) is 63.1 Å². The number of thiophene rings is 1. The summed E-state index contributed by atoms with van der Waals surface area (Å²) < 4.78 is 0. The molecule has 2 N–H and O–H groups in total. The standard InChI is InChI=1S/C20H24N2O2S/c1-2-12-21-19(23)15-9-6-7-10-16(15)22-20(24)18-13-14-8-4-3-5-11-17(14)25-18/h6-7,9-10,13H,2-5,8,11-12H2,1H3,(H,21,23)(H,22,24). The first-order valence-electron chi connectivity index (χ1n) is 8.99. The Morgan fingerprint density at radius 3 is 2.72 bits per heavy atom. The number of amides is 2. The third kappa shape index (κ3) is 4.28. The number of nitrogens with one attached hydrogen (secondary N) is 2. The van der Waals surface area contributed by atoms with Crippen molar-refractivity contribution < 1.29 is 9.59 Å². The highest BCUT2D eigenvalue weighted by Gasteiger charge is 2.18. The first-order chi connectivity index (χ1) is 12.2. The predicted octanol–water partition coefficient (Wildman–Crippen LogP) is 4.41. The van der Waals surface area contributed by atoms with Gasteiger partial charge in [0.15, 0.2) is 0 Å². The highest BCUT2D eigenvalue weighted by atomic mass is 32.1. The number of aryl methyl sites for hydroxylation is 2. The molecule has 2 amide bonds. The molecule has 0 spiro atoms. The normalized spacial score (nSPS) is 13.6. The fourth-order valence-corrected chi connectivity index (χ4v) is 4.24. The average molecular weight is 356 g/mol. The molecule has 4 nitrogen and oxygen atoms in total. The summed E-state index contributed by atoms with van der Waals surface area (Å²) in [6.07, 6.45) is 6.68. The topological polar surface area (TPSA) is 58.2 Å². The molecule has 1 aromatic heterocycles. The van der Waals surface area contributed by atoms with E-state index in [1.807, 2.05) is 25.1 Å². The van der Waals surface area contributed by atoms with E-state index in [2.05, 4.69) is 10.6 Å². The molecular weight excluding hydrogens is 332 g/mol. The van der Waals surface area contributed by atoms with Gasteiger partial charge in [-0.1, -0.05) is 25.5 Å². The highest BCUT2D eigenvalue weighted by molar-refractivity contribution is 7.14. The second kappa shape index (κ2) is 8.30. The lowest BCUT2D eigenvalue weighted by atomic mass is 10.1. The molecule has 0 bridgehead atoms. The van der Waals surface area contributed by atoms with Crippen LogP contribution in [-0.2, 0) is 12.8 Å². The third-order valence-electron chi connectivity index (χ3n) is 4.43. The van der Waals surface area contributed by atoms with E-state index in [1.54, 1.807) is 23.5 Å². The van der Waals surface area contributed by atoms with E-state index in [1.165, 1.54) is 29.7 Å². The quantitative estimate of drug-likeness (QED) is 0.780. The summed E-state index contributed by atoms with van der Waals surface area (Å²) in [5.41, 5.74) is 2.38. The second-order valence-corrected chi connectivity index (χ2v) is 7.51. The summed E-state index contributed by atoms with van der Waals surface area (Å²) in [5.74, 6) is -0.284. The van der Waals surface area contributed by atoms with Crippen LogP contribution in [0.3, 0.4) is 0 Å². The lowest BCUT2D eigenvalue weighted by Gasteiger charge is -2.10. The number of hydrogen-bond donors (Lipinski definition) is 2. The van der Waals surface area contributed by atoms with Gasteiger partial charge in [0, 0.05) is 11.4 Å². The zero-order valence-electron chi connectivity index (χ0n) is 14.6. The molecule has 3 rings (SSSR count). The first kappa shape index (κ1) is 17.7. The van der Waals surface area contributed by atoms with Crippen LogP contribution >= 0.6 is 11.3 Å². The molecule has 132 valence electrons. The molecular formula is C20H24N2O2S. The smallest absolute Gasteiger partial charge is 0.265 e. The number of para-hydroxylation sites is 1. The minimum Gasteiger partial charge on any atom is -0.352 e. The molecule has 1 heterocycles. The summed E-state index contributed by atoms with van der Waals surface area (Å²) in [7, 11) is 0. The number of fused-ring (bicyclic) bond motifs is 1. The summed E-state index contributed by atoms with van der Waals surface area (Å²) in [6, 6.07) is 9.18. The Kier molecular flexibility index (Phi) is 5.87. The average Bonchev–Trinajstić information content (AvgIpc) is 2.91. The van der Waals surface area contributed by atoms with Crippen LogP contribution in [0.15, 0.2) is 30.3 Å². The van der Waals surface area contributed by atoms with Crippen molar-refractivity contribution in [2.24, 2.45) is 0 Å². The maximum atomic E-state index is 12.7. The number of carbonyl (C=O) groups excluding carboxylic acids is 2. The van der Waals surface area contributed by atoms with E-state index in [0.717, 1.165) is 24.1 Å². The summed E-state index contributed by atoms with van der Waals surface area (Å²) in [4.78, 5) is 27.0. The molecule has 0 unspecified atom stereocenters. The molecule has 1 aliphatic carbocycles. The van der Waals surface area contributed by atoms with Crippen molar-refractivity contribution in [3.8, 4) is 0 Å². The van der Waals surface area contributed by atoms with Crippen LogP contribution in [0.4, 0.5) is 5.69 Å². The molecule has 5 heteroatoms. The molecule has 0 radical (unpaired) electrons. The predicted molar refractivity (Wildman–Crippen MR) is 103 cm³/mol. The molecule has 0 fully saturated rings. The van der Waals surface area contributed by atoms with Gasteiger partial charge in [-0.25, -0.2) is 0 Å². The van der Waals surface area contributed by atoms with E-state index in [-0.39, 0.29) is 11.8 Å². The van der Waals surface area contributed by atoms with Gasteiger partial charge in [-0.15, -0.1) is 11.3 Å². The Morgan fingerprint density at radius 2 is 1.88 bits per heavy atom. The van der Waals surface area contributed by atoms with Crippen molar-refractivity contribution in [1.82, 2.24) is 5.32 Å². The van der Waals surface area contributed by atoms with Gasteiger partial charge in [-0.3, -0.25) is 9.59 Å². The fourth-order valence-electron chi connectivity index (χ4n) is 3.09. The van der Waals surface area contributed by atoms with E-state index in [9.17, 15) is 9.59 Å². The van der Waals surface area contributed by atoms with Crippen molar-refractivity contribution in [3.05, 3.63) is 51.2 Å². The Hall–Kier alpha value is -2.14.